The van der Waals surface area contributed by atoms with E-state index < -0.39 is 10.0 Å². The average Bonchev–Trinajstić information content (AvgIpc) is 2.70. The second-order valence-electron chi connectivity index (χ2n) is 7.15. The molecule has 0 spiro atoms. The number of anilines is 2. The Hall–Kier alpha value is -2.54. The average molecular weight is 402 g/mol. The maximum absolute atomic E-state index is 12.5. The van der Waals surface area contributed by atoms with Crippen LogP contribution >= 0.6 is 0 Å². The number of hydrogen-bond donors (Lipinski definition) is 1. The van der Waals surface area contributed by atoms with Gasteiger partial charge in [-0.3, -0.25) is 9.10 Å². The molecule has 1 aliphatic heterocycles. The summed E-state index contributed by atoms with van der Waals surface area (Å²) in [7, 11) is -1.26. The molecule has 0 saturated heterocycles. The molecule has 1 heterocycles. The van der Waals surface area contributed by atoms with Crippen LogP contribution in [-0.2, 0) is 16.4 Å². The van der Waals surface area contributed by atoms with Crippen LogP contribution in [0.4, 0.5) is 11.4 Å². The molecule has 0 atom stereocenters. The molecule has 0 saturated carbocycles. The number of carbonyl (C=O) groups is 1. The first-order chi connectivity index (χ1) is 13.4. The van der Waals surface area contributed by atoms with Crippen LogP contribution in [0.3, 0.4) is 0 Å². The molecule has 0 aromatic heterocycles. The molecule has 28 heavy (non-hydrogen) atoms. The number of carbonyl (C=O) groups excluding carboxylic acids is 1. The summed E-state index contributed by atoms with van der Waals surface area (Å²) in [5, 5.41) is 2.96. The van der Waals surface area contributed by atoms with Crippen LogP contribution in [0.25, 0.3) is 0 Å². The van der Waals surface area contributed by atoms with Crippen molar-refractivity contribution in [3.8, 4) is 0 Å². The Morgan fingerprint density at radius 2 is 1.93 bits per heavy atom. The van der Waals surface area contributed by atoms with Gasteiger partial charge in [0.2, 0.25) is 10.0 Å². The minimum atomic E-state index is -3.29. The Kier molecular flexibility index (Phi) is 6.24. The number of para-hydroxylation sites is 1. The minimum Gasteiger partial charge on any atom is -0.375 e. The lowest BCUT2D eigenvalue weighted by molar-refractivity contribution is 0.0953. The van der Waals surface area contributed by atoms with E-state index in [-0.39, 0.29) is 5.91 Å². The summed E-state index contributed by atoms with van der Waals surface area (Å²) in [6, 6.07) is 15.4. The van der Waals surface area contributed by atoms with Gasteiger partial charge in [0, 0.05) is 37.9 Å². The van der Waals surface area contributed by atoms with Gasteiger partial charge in [-0.15, -0.1) is 0 Å². The molecule has 0 bridgehead atoms. The molecule has 7 heteroatoms. The number of nitrogens with one attached hydrogen (secondary N) is 1. The molecular formula is C21H27N3O3S. The third-order valence-electron chi connectivity index (χ3n) is 4.97. The number of fused-ring (bicyclic) bond motifs is 1. The quantitative estimate of drug-likeness (QED) is 0.724. The fourth-order valence-corrected chi connectivity index (χ4v) is 4.48. The fourth-order valence-electron chi connectivity index (χ4n) is 3.48. The zero-order valence-electron chi connectivity index (χ0n) is 16.4. The van der Waals surface area contributed by atoms with Crippen molar-refractivity contribution >= 4 is 27.3 Å². The van der Waals surface area contributed by atoms with E-state index in [0.29, 0.717) is 24.3 Å². The molecule has 1 amide bonds. The van der Waals surface area contributed by atoms with Gasteiger partial charge in [0.05, 0.1) is 11.9 Å². The number of benzene rings is 2. The van der Waals surface area contributed by atoms with E-state index in [9.17, 15) is 13.2 Å². The summed E-state index contributed by atoms with van der Waals surface area (Å²) >= 11 is 0. The SMILES string of the molecule is CN(CCCNC(=O)c1ccc2c(c1)CCCN2S(C)(=O)=O)c1ccccc1. The van der Waals surface area contributed by atoms with Gasteiger partial charge >= 0.3 is 0 Å². The Balaban J connectivity index is 1.55. The third kappa shape index (κ3) is 4.84. The normalized spacial score (nSPS) is 13.7. The molecular weight excluding hydrogens is 374 g/mol. The van der Waals surface area contributed by atoms with Crippen LogP contribution in [0.2, 0.25) is 0 Å². The molecule has 2 aromatic rings. The van der Waals surface area contributed by atoms with E-state index in [1.807, 2.05) is 31.3 Å². The van der Waals surface area contributed by atoms with Gasteiger partial charge in [0.15, 0.2) is 0 Å². The summed E-state index contributed by atoms with van der Waals surface area (Å²) in [4.78, 5) is 14.6. The second-order valence-corrected chi connectivity index (χ2v) is 9.06. The Labute approximate surface area is 167 Å². The van der Waals surface area contributed by atoms with Gasteiger partial charge in [0.1, 0.15) is 0 Å². The highest BCUT2D eigenvalue weighted by Crippen LogP contribution is 2.29. The zero-order chi connectivity index (χ0) is 20.1. The van der Waals surface area contributed by atoms with Crippen molar-refractivity contribution < 1.29 is 13.2 Å². The van der Waals surface area contributed by atoms with Crippen molar-refractivity contribution in [1.82, 2.24) is 5.32 Å². The highest BCUT2D eigenvalue weighted by atomic mass is 32.2. The molecule has 0 unspecified atom stereocenters. The number of nitrogens with zero attached hydrogens (tertiary/aromatic N) is 2. The van der Waals surface area contributed by atoms with Crippen LogP contribution in [0.5, 0.6) is 0 Å². The molecule has 2 aromatic carbocycles. The molecule has 0 fully saturated rings. The maximum Gasteiger partial charge on any atom is 0.251 e. The first kappa shape index (κ1) is 20.2. The summed E-state index contributed by atoms with van der Waals surface area (Å²) in [6.07, 6.45) is 3.60. The highest BCUT2D eigenvalue weighted by Gasteiger charge is 2.24. The van der Waals surface area contributed by atoms with Gasteiger partial charge in [-0.05, 0) is 55.2 Å². The van der Waals surface area contributed by atoms with Crippen LogP contribution in [-0.4, -0.2) is 47.3 Å². The molecule has 0 radical (unpaired) electrons. The number of hydrogen-bond acceptors (Lipinski definition) is 4. The van der Waals surface area contributed by atoms with E-state index >= 15 is 0 Å². The Morgan fingerprint density at radius 3 is 2.64 bits per heavy atom. The van der Waals surface area contributed by atoms with Gasteiger partial charge < -0.3 is 10.2 Å². The smallest absolute Gasteiger partial charge is 0.251 e. The van der Waals surface area contributed by atoms with Gasteiger partial charge in [-0.2, -0.15) is 0 Å². The largest absolute Gasteiger partial charge is 0.375 e. The molecule has 6 nitrogen and oxygen atoms in total. The van der Waals surface area contributed by atoms with Gasteiger partial charge in [0.25, 0.3) is 5.91 Å². The van der Waals surface area contributed by atoms with Crippen LogP contribution in [0, 0.1) is 0 Å². The van der Waals surface area contributed by atoms with Crippen molar-refractivity contribution in [3.63, 3.8) is 0 Å². The topological polar surface area (TPSA) is 69.7 Å². The molecule has 0 aliphatic carbocycles. The van der Waals surface area contributed by atoms with E-state index in [4.69, 9.17) is 0 Å². The maximum atomic E-state index is 12.5. The summed E-state index contributed by atoms with van der Waals surface area (Å²) in [6.45, 7) is 1.92. The Morgan fingerprint density at radius 1 is 1.18 bits per heavy atom. The molecule has 150 valence electrons. The molecule has 3 rings (SSSR count). The monoisotopic (exact) mass is 401 g/mol. The predicted octanol–water partition coefficient (Wildman–Crippen LogP) is 2.66. The lowest BCUT2D eigenvalue weighted by atomic mass is 10.0. The van der Waals surface area contributed by atoms with Crippen molar-refractivity contribution in [1.29, 1.82) is 0 Å². The number of sulfonamides is 1. The van der Waals surface area contributed by atoms with Crippen LogP contribution < -0.4 is 14.5 Å². The van der Waals surface area contributed by atoms with Crippen LogP contribution in [0.15, 0.2) is 48.5 Å². The number of aryl methyl sites for hydroxylation is 1. The first-order valence-corrected chi connectivity index (χ1v) is 11.4. The molecule has 1 N–H and O–H groups in total. The zero-order valence-corrected chi connectivity index (χ0v) is 17.2. The fraction of sp³-hybridized carbons (Fsp3) is 0.381. The van der Waals surface area contributed by atoms with Crippen LogP contribution in [0.1, 0.15) is 28.8 Å². The van der Waals surface area contributed by atoms with Crippen molar-refractivity contribution in [2.75, 3.05) is 42.1 Å². The van der Waals surface area contributed by atoms with E-state index in [0.717, 1.165) is 37.1 Å². The van der Waals surface area contributed by atoms with E-state index in [2.05, 4.69) is 22.3 Å². The van der Waals surface area contributed by atoms with Crippen molar-refractivity contribution in [3.05, 3.63) is 59.7 Å². The Bertz CT molecular complexity index is 929. The minimum absolute atomic E-state index is 0.123. The third-order valence-corrected chi connectivity index (χ3v) is 6.15. The van der Waals surface area contributed by atoms with Crippen molar-refractivity contribution in [2.24, 2.45) is 0 Å². The van der Waals surface area contributed by atoms with E-state index in [1.54, 1.807) is 12.1 Å². The van der Waals surface area contributed by atoms with Crippen molar-refractivity contribution in [2.45, 2.75) is 19.3 Å². The lowest BCUT2D eigenvalue weighted by Gasteiger charge is -2.29. The summed E-state index contributed by atoms with van der Waals surface area (Å²) in [5.41, 5.74) is 3.33. The highest BCUT2D eigenvalue weighted by molar-refractivity contribution is 7.92. The first-order valence-electron chi connectivity index (χ1n) is 9.51. The number of amides is 1. The molecule has 1 aliphatic rings. The second kappa shape index (κ2) is 8.65. The number of rotatable bonds is 7. The standard InChI is InChI=1S/C21H27N3O3S/c1-23(19-9-4-3-5-10-19)14-7-13-22-21(25)18-11-12-20-17(16-18)8-6-15-24(20)28(2,26)27/h3-5,9-12,16H,6-8,13-15H2,1-2H3,(H,22,25). The summed E-state index contributed by atoms with van der Waals surface area (Å²) in [5.74, 6) is -0.123. The van der Waals surface area contributed by atoms with E-state index in [1.165, 1.54) is 10.6 Å². The van der Waals surface area contributed by atoms with Gasteiger partial charge in [-0.1, -0.05) is 18.2 Å². The summed E-state index contributed by atoms with van der Waals surface area (Å²) < 4.78 is 25.3. The lowest BCUT2D eigenvalue weighted by Crippen LogP contribution is -2.35. The predicted molar refractivity (Wildman–Crippen MR) is 114 cm³/mol. The van der Waals surface area contributed by atoms with Gasteiger partial charge in [-0.25, -0.2) is 8.42 Å².